The molecule has 6 nitrogen and oxygen atoms in total. The van der Waals surface area contributed by atoms with E-state index in [2.05, 4.69) is 25.5 Å². The number of halogens is 2. The zero-order valence-electron chi connectivity index (χ0n) is 14.5. The Bertz CT molecular complexity index is 763. The Morgan fingerprint density at radius 1 is 1.42 bits per heavy atom. The van der Waals surface area contributed by atoms with E-state index in [-0.39, 0.29) is 11.2 Å². The van der Waals surface area contributed by atoms with E-state index >= 15 is 0 Å². The average molecular weight is 414 g/mol. The summed E-state index contributed by atoms with van der Waals surface area (Å²) in [5, 5.41) is 10.8. The van der Waals surface area contributed by atoms with Crippen LogP contribution in [0.5, 0.6) is 0 Å². The van der Waals surface area contributed by atoms with Gasteiger partial charge < -0.3 is 5.32 Å². The number of aromatic nitrogens is 4. The third kappa shape index (κ3) is 5.34. The number of hydrogen-bond donors (Lipinski definition) is 2. The number of aryl methyl sites for hydroxylation is 1. The number of carbonyl (C=O) groups is 1. The first kappa shape index (κ1) is 19.5. The summed E-state index contributed by atoms with van der Waals surface area (Å²) < 4.78 is 0. The number of pyridine rings is 1. The first-order chi connectivity index (χ1) is 12.5. The zero-order valence-corrected chi connectivity index (χ0v) is 16.8. The average Bonchev–Trinajstić information content (AvgIpc) is 3.27. The number of carbonyl (C=O) groups excluding carboxylic acids is 1. The Kier molecular flexibility index (Phi) is 6.78. The number of nitrogens with one attached hydrogen (secondary N) is 2. The van der Waals surface area contributed by atoms with Gasteiger partial charge in [-0.15, -0.1) is 5.10 Å². The fourth-order valence-corrected chi connectivity index (χ4v) is 4.19. The molecule has 0 saturated heterocycles. The lowest BCUT2D eigenvalue weighted by Gasteiger charge is -2.10. The van der Waals surface area contributed by atoms with Crippen molar-refractivity contribution in [1.29, 1.82) is 0 Å². The van der Waals surface area contributed by atoms with Gasteiger partial charge in [-0.05, 0) is 25.3 Å². The highest BCUT2D eigenvalue weighted by atomic mass is 35.5. The quantitative estimate of drug-likeness (QED) is 0.639. The Morgan fingerprint density at radius 3 is 2.92 bits per heavy atom. The number of amides is 1. The lowest BCUT2D eigenvalue weighted by molar-refractivity contribution is -0.115. The fourth-order valence-electron chi connectivity index (χ4n) is 3.02. The third-order valence-electron chi connectivity index (χ3n) is 4.48. The molecule has 0 aromatic carbocycles. The van der Waals surface area contributed by atoms with Crippen molar-refractivity contribution in [3.8, 4) is 0 Å². The number of rotatable bonds is 7. The molecular weight excluding hydrogens is 393 g/mol. The maximum atomic E-state index is 12.3. The monoisotopic (exact) mass is 413 g/mol. The molecule has 1 unspecified atom stereocenters. The van der Waals surface area contributed by atoms with Crippen molar-refractivity contribution in [3.63, 3.8) is 0 Å². The van der Waals surface area contributed by atoms with Crippen molar-refractivity contribution in [2.45, 2.75) is 55.9 Å². The van der Waals surface area contributed by atoms with Crippen molar-refractivity contribution in [2.75, 3.05) is 5.32 Å². The molecule has 140 valence electrons. The number of anilines is 1. The van der Waals surface area contributed by atoms with E-state index in [4.69, 9.17) is 23.2 Å². The van der Waals surface area contributed by atoms with Crippen LogP contribution in [0, 0.1) is 5.92 Å². The summed E-state index contributed by atoms with van der Waals surface area (Å²) in [6, 6.07) is 1.54. The molecule has 2 heterocycles. The molecule has 0 radical (unpaired) electrons. The number of hydrogen-bond acceptors (Lipinski definition) is 5. The van der Waals surface area contributed by atoms with Crippen LogP contribution in [0.1, 0.15) is 44.9 Å². The first-order valence-electron chi connectivity index (χ1n) is 8.71. The summed E-state index contributed by atoms with van der Waals surface area (Å²) in [5.41, 5.74) is 0. The van der Waals surface area contributed by atoms with Gasteiger partial charge in [0, 0.05) is 12.6 Å². The predicted octanol–water partition coefficient (Wildman–Crippen LogP) is 4.75. The molecular formula is C17H21Cl2N5OS. The van der Waals surface area contributed by atoms with Gasteiger partial charge in [-0.1, -0.05) is 60.6 Å². The largest absolute Gasteiger partial charge is 0.308 e. The number of H-pyrrole nitrogens is 1. The van der Waals surface area contributed by atoms with Gasteiger partial charge in [0.15, 0.2) is 5.82 Å². The van der Waals surface area contributed by atoms with Crippen LogP contribution in [0.15, 0.2) is 17.4 Å². The molecule has 3 rings (SSSR count). The fraction of sp³-hybridized carbons (Fsp3) is 0.529. The van der Waals surface area contributed by atoms with Gasteiger partial charge in [-0.2, -0.15) is 0 Å². The molecule has 0 bridgehead atoms. The van der Waals surface area contributed by atoms with Crippen molar-refractivity contribution in [3.05, 3.63) is 28.1 Å². The molecule has 1 amide bonds. The maximum absolute atomic E-state index is 12.3. The number of nitrogens with zero attached hydrogens (tertiary/aromatic N) is 3. The topological polar surface area (TPSA) is 83.6 Å². The summed E-state index contributed by atoms with van der Waals surface area (Å²) in [6.07, 6.45) is 8.84. The second-order valence-corrected chi connectivity index (χ2v) is 8.64. The van der Waals surface area contributed by atoms with E-state index in [1.807, 2.05) is 0 Å². The van der Waals surface area contributed by atoms with Crippen LogP contribution >= 0.6 is 35.0 Å². The highest BCUT2D eigenvalue weighted by Gasteiger charge is 2.20. The molecule has 2 aromatic heterocycles. The van der Waals surface area contributed by atoms with E-state index in [0.29, 0.717) is 21.0 Å². The van der Waals surface area contributed by atoms with Crippen molar-refractivity contribution >= 4 is 46.7 Å². The molecule has 2 N–H and O–H groups in total. The second-order valence-electron chi connectivity index (χ2n) is 6.49. The summed E-state index contributed by atoms with van der Waals surface area (Å²) in [4.78, 5) is 20.8. The van der Waals surface area contributed by atoms with Crippen molar-refractivity contribution < 1.29 is 4.79 Å². The van der Waals surface area contributed by atoms with Crippen molar-refractivity contribution in [1.82, 2.24) is 20.2 Å². The Balaban J connectivity index is 1.50. The second kappa shape index (κ2) is 9.06. The summed E-state index contributed by atoms with van der Waals surface area (Å²) in [5.74, 6) is 1.77. The van der Waals surface area contributed by atoms with Crippen molar-refractivity contribution in [2.24, 2.45) is 5.92 Å². The number of aromatic amines is 1. The van der Waals surface area contributed by atoms with Gasteiger partial charge in [0.1, 0.15) is 5.82 Å². The van der Waals surface area contributed by atoms with E-state index < -0.39 is 0 Å². The highest BCUT2D eigenvalue weighted by molar-refractivity contribution is 8.00. The summed E-state index contributed by atoms with van der Waals surface area (Å²) >= 11 is 13.1. The van der Waals surface area contributed by atoms with Crippen LogP contribution in [0.4, 0.5) is 5.82 Å². The summed E-state index contributed by atoms with van der Waals surface area (Å²) in [7, 11) is 0. The van der Waals surface area contributed by atoms with Gasteiger partial charge in [0.05, 0.1) is 15.3 Å². The SMILES string of the molecule is CC(Sc1n[nH]c(CCC2CCCC2)n1)C(=O)Nc1ncc(Cl)cc1Cl. The van der Waals surface area contributed by atoms with Crippen LogP contribution in [0.2, 0.25) is 10.0 Å². The molecule has 9 heteroatoms. The Labute approximate surface area is 166 Å². The molecule has 1 aliphatic rings. The standard InChI is InChI=1S/C17H21Cl2N5OS/c1-10(16(25)22-15-13(19)8-12(18)9-20-15)26-17-21-14(23-24-17)7-6-11-4-2-3-5-11/h8-11H,2-7H2,1H3,(H,20,22,25)(H,21,23,24). The number of thioether (sulfide) groups is 1. The van der Waals surface area contributed by atoms with Crippen LogP contribution in [-0.4, -0.2) is 31.3 Å². The highest BCUT2D eigenvalue weighted by Crippen LogP contribution is 2.29. The normalized spacial score (nSPS) is 16.0. The molecule has 1 aliphatic carbocycles. The molecule has 26 heavy (non-hydrogen) atoms. The van der Waals surface area contributed by atoms with Crippen LogP contribution in [0.3, 0.4) is 0 Å². The zero-order chi connectivity index (χ0) is 18.5. The van der Waals surface area contributed by atoms with Gasteiger partial charge in [0.25, 0.3) is 0 Å². The smallest absolute Gasteiger partial charge is 0.238 e. The van der Waals surface area contributed by atoms with E-state index in [9.17, 15) is 4.79 Å². The van der Waals surface area contributed by atoms with Gasteiger partial charge in [0.2, 0.25) is 11.1 Å². The molecule has 0 aliphatic heterocycles. The predicted molar refractivity (Wildman–Crippen MR) is 105 cm³/mol. The molecule has 0 spiro atoms. The van der Waals surface area contributed by atoms with Gasteiger partial charge >= 0.3 is 0 Å². The molecule has 2 aromatic rings. The van der Waals surface area contributed by atoms with Crippen LogP contribution in [0.25, 0.3) is 0 Å². The molecule has 1 atom stereocenters. The van der Waals surface area contributed by atoms with Crippen LogP contribution < -0.4 is 5.32 Å². The Hall–Kier alpha value is -1.31. The Morgan fingerprint density at radius 2 is 2.19 bits per heavy atom. The summed E-state index contributed by atoms with van der Waals surface area (Å²) in [6.45, 7) is 1.79. The minimum Gasteiger partial charge on any atom is -0.308 e. The minimum atomic E-state index is -0.387. The molecule has 1 fully saturated rings. The van der Waals surface area contributed by atoms with Gasteiger partial charge in [-0.25, -0.2) is 9.97 Å². The maximum Gasteiger partial charge on any atom is 0.238 e. The van der Waals surface area contributed by atoms with E-state index in [1.165, 1.54) is 49.7 Å². The minimum absolute atomic E-state index is 0.218. The van der Waals surface area contributed by atoms with Gasteiger partial charge in [-0.3, -0.25) is 9.89 Å². The van der Waals surface area contributed by atoms with E-state index in [1.54, 1.807) is 6.92 Å². The van der Waals surface area contributed by atoms with E-state index in [0.717, 1.165) is 24.6 Å². The third-order valence-corrected chi connectivity index (χ3v) is 5.93. The lowest BCUT2D eigenvalue weighted by atomic mass is 10.0. The van der Waals surface area contributed by atoms with Crippen LogP contribution in [-0.2, 0) is 11.2 Å². The first-order valence-corrected chi connectivity index (χ1v) is 10.3. The molecule has 1 saturated carbocycles. The lowest BCUT2D eigenvalue weighted by Crippen LogP contribution is -2.23.